The molecule has 0 spiro atoms. The number of fused-ring (bicyclic) bond motifs is 1. The molecule has 0 aliphatic carbocycles. The lowest BCUT2D eigenvalue weighted by atomic mass is 10.0. The minimum absolute atomic E-state index is 0.0623. The van der Waals surface area contributed by atoms with Gasteiger partial charge in [-0.25, -0.2) is 13.6 Å². The van der Waals surface area contributed by atoms with Gasteiger partial charge in [0.1, 0.15) is 17.2 Å². The first kappa shape index (κ1) is 15.2. The summed E-state index contributed by atoms with van der Waals surface area (Å²) >= 11 is 5.85. The van der Waals surface area contributed by atoms with Crippen LogP contribution in [0.2, 0.25) is 5.02 Å². The predicted octanol–water partition coefficient (Wildman–Crippen LogP) is 3.82. The molecule has 0 radical (unpaired) electrons. The number of hydrogen-bond donors (Lipinski definition) is 2. The fourth-order valence-electron chi connectivity index (χ4n) is 2.39. The molecular weight excluding hydrogens is 328 g/mol. The molecule has 0 atom stereocenters. The Morgan fingerprint density at radius 3 is 2.39 bits per heavy atom. The van der Waals surface area contributed by atoms with E-state index in [-0.39, 0.29) is 15.9 Å². The zero-order chi connectivity index (χ0) is 16.7. The highest BCUT2D eigenvalue weighted by molar-refractivity contribution is 6.31. The van der Waals surface area contributed by atoms with Gasteiger partial charge < -0.3 is 10.1 Å². The Morgan fingerprint density at radius 2 is 1.78 bits per heavy atom. The SMILES string of the molecule is O=C(O)c1c(-c2c(F)cccc2F)[nH]c2cc(Cl)ccc2c1=O. The number of nitrogens with one attached hydrogen (secondary N) is 1. The summed E-state index contributed by atoms with van der Waals surface area (Å²) in [5, 5.41) is 9.66. The highest BCUT2D eigenvalue weighted by atomic mass is 35.5. The second-order valence-electron chi connectivity index (χ2n) is 4.80. The number of aromatic nitrogens is 1. The number of carboxylic acid groups (broad SMARTS) is 1. The van der Waals surface area contributed by atoms with Crippen molar-refractivity contribution >= 4 is 28.5 Å². The molecule has 0 unspecified atom stereocenters. The summed E-state index contributed by atoms with van der Waals surface area (Å²) in [5.74, 6) is -3.55. The second kappa shape index (κ2) is 5.48. The molecule has 0 aliphatic heterocycles. The molecular formula is C16H8ClF2NO3. The quantitative estimate of drug-likeness (QED) is 0.748. The van der Waals surface area contributed by atoms with Crippen molar-refractivity contribution in [2.75, 3.05) is 0 Å². The van der Waals surface area contributed by atoms with Crippen molar-refractivity contribution in [2.24, 2.45) is 0 Å². The predicted molar refractivity (Wildman–Crippen MR) is 81.9 cm³/mol. The lowest BCUT2D eigenvalue weighted by Crippen LogP contribution is -2.18. The van der Waals surface area contributed by atoms with Crippen LogP contribution in [0.4, 0.5) is 8.78 Å². The van der Waals surface area contributed by atoms with E-state index in [1.54, 1.807) is 0 Å². The van der Waals surface area contributed by atoms with Gasteiger partial charge in [-0.1, -0.05) is 17.7 Å². The number of aromatic carboxylic acids is 1. The molecule has 116 valence electrons. The lowest BCUT2D eigenvalue weighted by molar-refractivity contribution is 0.0696. The summed E-state index contributed by atoms with van der Waals surface area (Å²) in [6, 6.07) is 7.25. The maximum atomic E-state index is 14.0. The maximum Gasteiger partial charge on any atom is 0.341 e. The first-order valence-corrected chi connectivity index (χ1v) is 6.81. The molecule has 3 aromatic rings. The minimum Gasteiger partial charge on any atom is -0.477 e. The summed E-state index contributed by atoms with van der Waals surface area (Å²) in [6.45, 7) is 0. The van der Waals surface area contributed by atoms with E-state index in [1.165, 1.54) is 18.2 Å². The van der Waals surface area contributed by atoms with E-state index < -0.39 is 39.9 Å². The first-order chi connectivity index (χ1) is 10.9. The number of carboxylic acids is 1. The Hall–Kier alpha value is -2.73. The Labute approximate surface area is 133 Å². The van der Waals surface area contributed by atoms with Crippen LogP contribution in [0.5, 0.6) is 0 Å². The Morgan fingerprint density at radius 1 is 1.13 bits per heavy atom. The number of rotatable bonds is 2. The van der Waals surface area contributed by atoms with Crippen LogP contribution < -0.4 is 5.43 Å². The highest BCUT2D eigenvalue weighted by Crippen LogP contribution is 2.28. The van der Waals surface area contributed by atoms with Crippen LogP contribution in [-0.2, 0) is 0 Å². The van der Waals surface area contributed by atoms with Gasteiger partial charge in [0.2, 0.25) is 5.43 Å². The molecule has 0 saturated carbocycles. The molecule has 0 saturated heterocycles. The number of hydrogen-bond acceptors (Lipinski definition) is 2. The van der Waals surface area contributed by atoms with E-state index >= 15 is 0 Å². The van der Waals surface area contributed by atoms with Gasteiger partial charge in [-0.15, -0.1) is 0 Å². The molecule has 2 aromatic carbocycles. The highest BCUT2D eigenvalue weighted by Gasteiger charge is 2.23. The molecule has 4 nitrogen and oxygen atoms in total. The van der Waals surface area contributed by atoms with E-state index in [2.05, 4.69) is 4.98 Å². The Balaban J connectivity index is 2.51. The van der Waals surface area contributed by atoms with E-state index in [4.69, 9.17) is 11.6 Å². The van der Waals surface area contributed by atoms with Crippen molar-refractivity contribution in [3.05, 3.63) is 68.8 Å². The average Bonchev–Trinajstić information content (AvgIpc) is 2.46. The Kier molecular flexibility index (Phi) is 3.61. The largest absolute Gasteiger partial charge is 0.477 e. The fraction of sp³-hybridized carbons (Fsp3) is 0. The van der Waals surface area contributed by atoms with E-state index in [1.807, 2.05) is 0 Å². The average molecular weight is 336 g/mol. The van der Waals surface area contributed by atoms with Crippen LogP contribution in [0.25, 0.3) is 22.2 Å². The van der Waals surface area contributed by atoms with Crippen molar-refractivity contribution in [2.45, 2.75) is 0 Å². The fourth-order valence-corrected chi connectivity index (χ4v) is 2.56. The van der Waals surface area contributed by atoms with Gasteiger partial charge in [-0.2, -0.15) is 0 Å². The number of benzene rings is 2. The summed E-state index contributed by atoms with van der Waals surface area (Å²) in [5.41, 5.74) is -2.44. The van der Waals surface area contributed by atoms with Crippen molar-refractivity contribution < 1.29 is 18.7 Å². The van der Waals surface area contributed by atoms with Crippen molar-refractivity contribution in [3.63, 3.8) is 0 Å². The summed E-state index contributed by atoms with van der Waals surface area (Å²) in [7, 11) is 0. The maximum absolute atomic E-state index is 14.0. The van der Waals surface area contributed by atoms with Crippen LogP contribution in [-0.4, -0.2) is 16.1 Å². The number of halogens is 3. The minimum atomic E-state index is -1.58. The van der Waals surface area contributed by atoms with Gasteiger partial charge in [0, 0.05) is 10.4 Å². The molecule has 0 bridgehead atoms. The number of carbonyl (C=O) groups is 1. The van der Waals surface area contributed by atoms with Crippen molar-refractivity contribution in [3.8, 4) is 11.3 Å². The molecule has 23 heavy (non-hydrogen) atoms. The molecule has 3 rings (SSSR count). The molecule has 0 fully saturated rings. The molecule has 7 heteroatoms. The summed E-state index contributed by atoms with van der Waals surface area (Å²) in [4.78, 5) is 26.5. The van der Waals surface area contributed by atoms with E-state index in [9.17, 15) is 23.5 Å². The van der Waals surface area contributed by atoms with Gasteiger partial charge in [-0.05, 0) is 30.3 Å². The van der Waals surface area contributed by atoms with Crippen molar-refractivity contribution in [1.82, 2.24) is 4.98 Å². The van der Waals surface area contributed by atoms with Gasteiger partial charge in [-0.3, -0.25) is 4.79 Å². The third-order valence-corrected chi connectivity index (χ3v) is 3.62. The van der Waals surface area contributed by atoms with Crippen LogP contribution in [0.3, 0.4) is 0 Å². The van der Waals surface area contributed by atoms with Gasteiger partial charge in [0.05, 0.1) is 16.8 Å². The topological polar surface area (TPSA) is 70.2 Å². The number of aromatic amines is 1. The molecule has 1 heterocycles. The normalized spacial score (nSPS) is 10.9. The van der Waals surface area contributed by atoms with E-state index in [0.29, 0.717) is 0 Å². The smallest absolute Gasteiger partial charge is 0.341 e. The Bertz CT molecular complexity index is 994. The molecule has 0 aliphatic rings. The van der Waals surface area contributed by atoms with Gasteiger partial charge in [0.25, 0.3) is 0 Å². The van der Waals surface area contributed by atoms with Crippen LogP contribution in [0, 0.1) is 11.6 Å². The van der Waals surface area contributed by atoms with Crippen LogP contribution >= 0.6 is 11.6 Å². The van der Waals surface area contributed by atoms with Gasteiger partial charge in [0.15, 0.2) is 0 Å². The summed E-state index contributed by atoms with van der Waals surface area (Å²) < 4.78 is 28.0. The zero-order valence-electron chi connectivity index (χ0n) is 11.4. The molecule has 1 aromatic heterocycles. The second-order valence-corrected chi connectivity index (χ2v) is 5.23. The van der Waals surface area contributed by atoms with Gasteiger partial charge >= 0.3 is 5.97 Å². The number of H-pyrrole nitrogens is 1. The zero-order valence-corrected chi connectivity index (χ0v) is 12.1. The third kappa shape index (κ3) is 2.47. The van der Waals surface area contributed by atoms with E-state index in [0.717, 1.165) is 18.2 Å². The third-order valence-electron chi connectivity index (χ3n) is 3.39. The lowest BCUT2D eigenvalue weighted by Gasteiger charge is -2.11. The van der Waals surface area contributed by atoms with Crippen LogP contribution in [0.1, 0.15) is 10.4 Å². The monoisotopic (exact) mass is 335 g/mol. The molecule has 0 amide bonds. The number of pyridine rings is 1. The standard InChI is InChI=1S/C16H8ClF2NO3/c17-7-4-5-8-11(6-7)20-14(13(15(8)21)16(22)23)12-9(18)2-1-3-10(12)19/h1-6H,(H,20,21)(H,22,23). The van der Waals surface area contributed by atoms with Crippen molar-refractivity contribution in [1.29, 1.82) is 0 Å². The molecule has 2 N–H and O–H groups in total. The first-order valence-electron chi connectivity index (χ1n) is 6.43. The summed E-state index contributed by atoms with van der Waals surface area (Å²) in [6.07, 6.45) is 0. The van der Waals surface area contributed by atoms with Crippen LogP contribution in [0.15, 0.2) is 41.2 Å².